The third-order valence-electron chi connectivity index (χ3n) is 2.24. The first-order valence-corrected chi connectivity index (χ1v) is 5.93. The lowest BCUT2D eigenvalue weighted by Gasteiger charge is -2.30. The van der Waals surface area contributed by atoms with Crippen LogP contribution in [0.15, 0.2) is 9.98 Å². The van der Waals surface area contributed by atoms with E-state index in [4.69, 9.17) is 0 Å². The number of nitrogens with one attached hydrogen (secondary N) is 1. The summed E-state index contributed by atoms with van der Waals surface area (Å²) in [6, 6.07) is 0. The molecule has 1 saturated heterocycles. The minimum absolute atomic E-state index is 0.618. The number of rotatable bonds is 1. The summed E-state index contributed by atoms with van der Waals surface area (Å²) in [4.78, 5) is 4.25. The van der Waals surface area contributed by atoms with Crippen molar-refractivity contribution >= 4 is 27.3 Å². The van der Waals surface area contributed by atoms with E-state index in [1.54, 1.807) is 0 Å². The molecule has 1 fully saturated rings. The van der Waals surface area contributed by atoms with Gasteiger partial charge in [0.2, 0.25) is 0 Å². The Balaban J connectivity index is 2.22. The molecule has 0 aliphatic carbocycles. The van der Waals surface area contributed by atoms with Crippen molar-refractivity contribution in [2.24, 2.45) is 0 Å². The first-order chi connectivity index (χ1) is 6.21. The molecule has 0 bridgehead atoms. The maximum atomic E-state index is 10.2. The van der Waals surface area contributed by atoms with Crippen molar-refractivity contribution in [1.29, 1.82) is 0 Å². The molecule has 1 aromatic heterocycles. The molecule has 72 valence electrons. The normalized spacial score (nSPS) is 29.1. The van der Waals surface area contributed by atoms with Crippen molar-refractivity contribution in [3.05, 3.63) is 15.0 Å². The zero-order valence-electron chi connectivity index (χ0n) is 7.09. The predicted molar refractivity (Wildman–Crippen MR) is 55.8 cm³/mol. The molecule has 1 aliphatic heterocycles. The fraction of sp³-hybridized carbons (Fsp3) is 0.625. The summed E-state index contributed by atoms with van der Waals surface area (Å²) >= 11 is 4.80. The van der Waals surface area contributed by atoms with Gasteiger partial charge in [-0.3, -0.25) is 0 Å². The second-order valence-electron chi connectivity index (χ2n) is 3.29. The number of thiazole rings is 1. The number of halogens is 1. The molecule has 1 aromatic rings. The predicted octanol–water partition coefficient (Wildman–Crippen LogP) is 1.48. The van der Waals surface area contributed by atoms with E-state index in [1.165, 1.54) is 11.3 Å². The van der Waals surface area contributed by atoms with Crippen LogP contribution in [0.25, 0.3) is 0 Å². The number of β-amino-alcohol motifs (C(OH)–C–C–N with tert-alkyl or cyclic N) is 1. The Bertz CT molecular complexity index is 296. The lowest BCUT2D eigenvalue weighted by atomic mass is 9.95. The van der Waals surface area contributed by atoms with E-state index < -0.39 is 5.60 Å². The minimum Gasteiger partial charge on any atom is -0.381 e. The highest BCUT2D eigenvalue weighted by Crippen LogP contribution is 2.31. The Kier molecular flexibility index (Phi) is 2.69. The van der Waals surface area contributed by atoms with Gasteiger partial charge in [-0.05, 0) is 35.3 Å². The molecule has 13 heavy (non-hydrogen) atoms. The number of aromatic nitrogens is 1. The van der Waals surface area contributed by atoms with Gasteiger partial charge in [0.25, 0.3) is 0 Å². The summed E-state index contributed by atoms with van der Waals surface area (Å²) in [6.07, 6.45) is 1.81. The average Bonchev–Trinajstić information content (AvgIpc) is 2.54. The summed E-state index contributed by atoms with van der Waals surface area (Å²) in [5.41, 5.74) is -0.741. The molecule has 3 nitrogen and oxygen atoms in total. The van der Waals surface area contributed by atoms with Gasteiger partial charge < -0.3 is 10.4 Å². The molecule has 0 spiro atoms. The second-order valence-corrected chi connectivity index (χ2v) is 4.96. The molecule has 1 atom stereocenters. The van der Waals surface area contributed by atoms with Crippen LogP contribution in [0, 0.1) is 0 Å². The lowest BCUT2D eigenvalue weighted by Crippen LogP contribution is -2.43. The Morgan fingerprint density at radius 3 is 3.08 bits per heavy atom. The Morgan fingerprint density at radius 2 is 2.54 bits per heavy atom. The van der Waals surface area contributed by atoms with Gasteiger partial charge >= 0.3 is 0 Å². The van der Waals surface area contributed by atoms with Gasteiger partial charge in [-0.15, -0.1) is 11.3 Å². The Morgan fingerprint density at radius 1 is 1.69 bits per heavy atom. The highest BCUT2D eigenvalue weighted by atomic mass is 79.9. The van der Waals surface area contributed by atoms with E-state index in [0.29, 0.717) is 6.54 Å². The number of nitrogens with zero attached hydrogens (tertiary/aromatic N) is 1. The number of hydrogen-bond donors (Lipinski definition) is 2. The molecule has 2 rings (SSSR count). The van der Waals surface area contributed by atoms with Crippen LogP contribution >= 0.6 is 27.3 Å². The molecule has 0 aromatic carbocycles. The van der Waals surface area contributed by atoms with Crippen molar-refractivity contribution in [2.45, 2.75) is 18.4 Å². The molecule has 2 N–H and O–H groups in total. The Hall–Kier alpha value is 0.0300. The average molecular weight is 263 g/mol. The van der Waals surface area contributed by atoms with Crippen molar-refractivity contribution in [2.75, 3.05) is 13.1 Å². The number of hydrogen-bond acceptors (Lipinski definition) is 4. The summed E-state index contributed by atoms with van der Waals surface area (Å²) in [5, 5.41) is 16.1. The smallest absolute Gasteiger partial charge is 0.128 e. The minimum atomic E-state index is -0.741. The van der Waals surface area contributed by atoms with E-state index in [1.807, 2.05) is 5.38 Å². The first-order valence-electron chi connectivity index (χ1n) is 4.25. The molecule has 0 saturated carbocycles. The molecule has 0 radical (unpaired) electrons. The fourth-order valence-electron chi connectivity index (χ4n) is 1.54. The van der Waals surface area contributed by atoms with Crippen LogP contribution in [-0.2, 0) is 5.60 Å². The zero-order valence-corrected chi connectivity index (χ0v) is 9.49. The molecule has 2 heterocycles. The highest BCUT2D eigenvalue weighted by molar-refractivity contribution is 9.10. The summed E-state index contributed by atoms with van der Waals surface area (Å²) in [6.45, 7) is 1.61. The zero-order chi connectivity index (χ0) is 9.31. The third kappa shape index (κ3) is 1.93. The van der Waals surface area contributed by atoms with Crippen LogP contribution in [-0.4, -0.2) is 23.2 Å². The largest absolute Gasteiger partial charge is 0.381 e. The van der Waals surface area contributed by atoms with Crippen LogP contribution in [0.1, 0.15) is 17.8 Å². The van der Waals surface area contributed by atoms with E-state index in [2.05, 4.69) is 26.2 Å². The maximum Gasteiger partial charge on any atom is 0.128 e. The van der Waals surface area contributed by atoms with E-state index in [9.17, 15) is 5.11 Å². The van der Waals surface area contributed by atoms with Gasteiger partial charge in [0, 0.05) is 11.9 Å². The van der Waals surface area contributed by atoms with Gasteiger partial charge in [0.05, 0.1) is 0 Å². The van der Waals surface area contributed by atoms with Crippen molar-refractivity contribution in [1.82, 2.24) is 10.3 Å². The van der Waals surface area contributed by atoms with Gasteiger partial charge in [0.1, 0.15) is 15.2 Å². The van der Waals surface area contributed by atoms with Gasteiger partial charge in [-0.1, -0.05) is 0 Å². The molecular formula is C8H11BrN2OS. The Labute approximate surface area is 89.3 Å². The van der Waals surface area contributed by atoms with Crippen LogP contribution in [0.2, 0.25) is 0 Å². The number of piperidine rings is 1. The van der Waals surface area contributed by atoms with Crippen molar-refractivity contribution in [3.63, 3.8) is 0 Å². The monoisotopic (exact) mass is 262 g/mol. The maximum absolute atomic E-state index is 10.2. The van der Waals surface area contributed by atoms with E-state index in [-0.39, 0.29) is 0 Å². The summed E-state index contributed by atoms with van der Waals surface area (Å²) in [7, 11) is 0. The standard InChI is InChI=1S/C8H11BrN2OS/c9-6-4-13-7(11-6)8(12)2-1-3-10-5-8/h4,10,12H,1-3,5H2. The topological polar surface area (TPSA) is 45.2 Å². The van der Waals surface area contributed by atoms with E-state index >= 15 is 0 Å². The first kappa shape index (κ1) is 9.58. The second kappa shape index (κ2) is 3.65. The molecular weight excluding hydrogens is 252 g/mol. The van der Waals surface area contributed by atoms with Gasteiger partial charge in [-0.2, -0.15) is 0 Å². The molecule has 0 amide bonds. The van der Waals surface area contributed by atoms with Gasteiger partial charge in [0.15, 0.2) is 0 Å². The van der Waals surface area contributed by atoms with E-state index in [0.717, 1.165) is 29.0 Å². The molecule has 1 unspecified atom stereocenters. The van der Waals surface area contributed by atoms with Gasteiger partial charge in [-0.25, -0.2) is 4.98 Å². The molecule has 5 heteroatoms. The number of aliphatic hydroxyl groups is 1. The van der Waals surface area contributed by atoms with Crippen LogP contribution in [0.5, 0.6) is 0 Å². The SMILES string of the molecule is OC1(c2nc(Br)cs2)CCCNC1. The molecule has 1 aliphatic rings. The lowest BCUT2D eigenvalue weighted by molar-refractivity contribution is 0.0120. The summed E-state index contributed by atoms with van der Waals surface area (Å²) in [5.74, 6) is 0. The van der Waals surface area contributed by atoms with Crippen LogP contribution < -0.4 is 5.32 Å². The van der Waals surface area contributed by atoms with Crippen LogP contribution in [0.4, 0.5) is 0 Å². The van der Waals surface area contributed by atoms with Crippen molar-refractivity contribution < 1.29 is 5.11 Å². The van der Waals surface area contributed by atoms with Crippen molar-refractivity contribution in [3.8, 4) is 0 Å². The highest BCUT2D eigenvalue weighted by Gasteiger charge is 2.33. The summed E-state index contributed by atoms with van der Waals surface area (Å²) < 4.78 is 0.812. The third-order valence-corrected chi connectivity index (χ3v) is 3.98. The quantitative estimate of drug-likeness (QED) is 0.806. The van der Waals surface area contributed by atoms with Crippen LogP contribution in [0.3, 0.4) is 0 Å². The fourth-order valence-corrected chi connectivity index (χ4v) is 2.92.